The highest BCUT2D eigenvalue weighted by atomic mass is 79.9. The number of hydrogen-bond acceptors (Lipinski definition) is 1. The first-order valence-corrected chi connectivity index (χ1v) is 6.80. The molecule has 1 nitrogen and oxygen atoms in total. The molecule has 0 aliphatic carbocycles. The lowest BCUT2D eigenvalue weighted by atomic mass is 9.98. The molecule has 0 N–H and O–H groups in total. The second kappa shape index (κ2) is 6.13. The molecule has 0 spiro atoms. The van der Waals surface area contributed by atoms with E-state index in [-0.39, 0.29) is 10.0 Å². The van der Waals surface area contributed by atoms with Crippen molar-refractivity contribution >= 4 is 31.9 Å². The summed E-state index contributed by atoms with van der Waals surface area (Å²) in [4.78, 5) is -1.96. The Bertz CT molecular complexity index is 457. The Kier molecular flexibility index (Phi) is 5.40. The van der Waals surface area contributed by atoms with E-state index < -0.39 is 23.1 Å². The predicted octanol–water partition coefficient (Wildman–Crippen LogP) is 5.63. The first-order valence-electron chi connectivity index (χ1n) is 5.09. The Balaban J connectivity index is 3.23. The molecule has 1 rings (SSSR count). The molecule has 114 valence electrons. The van der Waals surface area contributed by atoms with Crippen LogP contribution in [-0.2, 0) is 0 Å². The first kappa shape index (κ1) is 17.6. The lowest BCUT2D eigenvalue weighted by Crippen LogP contribution is -2.39. The van der Waals surface area contributed by atoms with Crippen LogP contribution in [0.15, 0.2) is 22.7 Å². The van der Waals surface area contributed by atoms with E-state index in [1.165, 1.54) is 19.2 Å². The molecule has 0 heterocycles. The third kappa shape index (κ3) is 4.03. The van der Waals surface area contributed by atoms with E-state index >= 15 is 0 Å². The zero-order valence-corrected chi connectivity index (χ0v) is 13.0. The Labute approximate surface area is 127 Å². The van der Waals surface area contributed by atoms with Gasteiger partial charge in [0.1, 0.15) is 5.75 Å². The molecule has 0 aliphatic heterocycles. The number of ether oxygens (including phenoxy) is 1. The summed E-state index contributed by atoms with van der Waals surface area (Å²) in [5.41, 5.74) is -0.162. The van der Waals surface area contributed by atoms with E-state index in [9.17, 15) is 26.3 Å². The van der Waals surface area contributed by atoms with Crippen LogP contribution in [0.4, 0.5) is 26.3 Å². The van der Waals surface area contributed by atoms with Crippen molar-refractivity contribution in [2.24, 2.45) is 5.92 Å². The van der Waals surface area contributed by atoms with Gasteiger partial charge in [-0.15, -0.1) is 0 Å². The van der Waals surface area contributed by atoms with Crippen LogP contribution >= 0.6 is 31.9 Å². The highest BCUT2D eigenvalue weighted by Gasteiger charge is 2.60. The van der Waals surface area contributed by atoms with Crippen molar-refractivity contribution in [1.82, 2.24) is 0 Å². The van der Waals surface area contributed by atoms with Gasteiger partial charge >= 0.3 is 12.4 Å². The van der Waals surface area contributed by atoms with Crippen LogP contribution in [0.25, 0.3) is 0 Å². The average Bonchev–Trinajstić information content (AvgIpc) is 2.24. The molecule has 0 saturated carbocycles. The van der Waals surface area contributed by atoms with Crippen LogP contribution in [0.1, 0.15) is 10.4 Å². The molecule has 9 heteroatoms. The molecule has 20 heavy (non-hydrogen) atoms. The number of halogens is 8. The van der Waals surface area contributed by atoms with Crippen molar-refractivity contribution in [2.45, 2.75) is 17.2 Å². The molecule has 0 saturated heterocycles. The fraction of sp³-hybridized carbons (Fsp3) is 0.455. The second-order valence-electron chi connectivity index (χ2n) is 3.85. The van der Waals surface area contributed by atoms with Gasteiger partial charge in [-0.1, -0.05) is 37.9 Å². The average molecular weight is 430 g/mol. The van der Waals surface area contributed by atoms with E-state index in [2.05, 4.69) is 31.9 Å². The maximum atomic E-state index is 12.6. The molecular weight excluding hydrogens is 422 g/mol. The summed E-state index contributed by atoms with van der Waals surface area (Å²) in [5.74, 6) is -3.18. The molecule has 0 aromatic heterocycles. The van der Waals surface area contributed by atoms with Crippen molar-refractivity contribution in [3.8, 4) is 5.75 Å². The van der Waals surface area contributed by atoms with Gasteiger partial charge in [-0.2, -0.15) is 26.3 Å². The maximum Gasteiger partial charge on any atom is 0.401 e. The standard InChI is InChI=1S/C11H8Br2F6O/c1-20-5-2-3-6(7(12)4-5)8(13)9(10(14,15)16)11(17,18)19/h2-4,8-9H,1H3. The number of hydrogen-bond donors (Lipinski definition) is 0. The van der Waals surface area contributed by atoms with Gasteiger partial charge in [0.15, 0.2) is 5.92 Å². The number of benzene rings is 1. The van der Waals surface area contributed by atoms with E-state index in [0.29, 0.717) is 5.75 Å². The third-order valence-corrected chi connectivity index (χ3v) is 4.21. The zero-order valence-electron chi connectivity index (χ0n) is 9.82. The summed E-state index contributed by atoms with van der Waals surface area (Å²) in [6.45, 7) is 0. The van der Waals surface area contributed by atoms with Crippen LogP contribution in [0.5, 0.6) is 5.75 Å². The molecule has 1 atom stereocenters. The summed E-state index contributed by atoms with van der Waals surface area (Å²) in [7, 11) is 1.33. The summed E-state index contributed by atoms with van der Waals surface area (Å²) in [6.07, 6.45) is -10.8. The largest absolute Gasteiger partial charge is 0.497 e. The number of methoxy groups -OCH3 is 1. The van der Waals surface area contributed by atoms with Gasteiger partial charge in [0, 0.05) is 4.47 Å². The van der Waals surface area contributed by atoms with E-state index in [0.717, 1.165) is 6.07 Å². The highest BCUT2D eigenvalue weighted by molar-refractivity contribution is 9.11. The van der Waals surface area contributed by atoms with Crippen LogP contribution in [0.3, 0.4) is 0 Å². The summed E-state index contributed by atoms with van der Waals surface area (Å²) in [6, 6.07) is 3.73. The minimum absolute atomic E-state index is 0.0947. The van der Waals surface area contributed by atoms with Gasteiger partial charge in [-0.3, -0.25) is 0 Å². The van der Waals surface area contributed by atoms with Crippen LogP contribution < -0.4 is 4.74 Å². The molecule has 0 bridgehead atoms. The normalized spacial score (nSPS) is 14.5. The minimum atomic E-state index is -5.41. The van der Waals surface area contributed by atoms with E-state index in [4.69, 9.17) is 4.74 Å². The summed E-state index contributed by atoms with van der Waals surface area (Å²) < 4.78 is 80.8. The molecule has 0 fully saturated rings. The Morgan fingerprint density at radius 2 is 1.55 bits per heavy atom. The van der Waals surface area contributed by atoms with Crippen molar-refractivity contribution in [1.29, 1.82) is 0 Å². The smallest absolute Gasteiger partial charge is 0.401 e. The Morgan fingerprint density at radius 1 is 1.05 bits per heavy atom. The van der Waals surface area contributed by atoms with Crippen LogP contribution in [0.2, 0.25) is 0 Å². The number of rotatable bonds is 3. The quantitative estimate of drug-likeness (QED) is 0.446. The molecule has 1 aromatic rings. The second-order valence-corrected chi connectivity index (χ2v) is 5.69. The van der Waals surface area contributed by atoms with Gasteiger partial charge < -0.3 is 4.74 Å². The molecule has 1 aromatic carbocycles. The molecule has 1 unspecified atom stereocenters. The zero-order chi connectivity index (χ0) is 15.7. The number of alkyl halides is 7. The van der Waals surface area contributed by atoms with E-state index in [1.54, 1.807) is 0 Å². The topological polar surface area (TPSA) is 9.23 Å². The van der Waals surface area contributed by atoms with Gasteiger partial charge in [0.25, 0.3) is 0 Å². The molecule has 0 radical (unpaired) electrons. The van der Waals surface area contributed by atoms with Gasteiger partial charge in [-0.25, -0.2) is 0 Å². The first-order chi connectivity index (χ1) is 8.98. The lowest BCUT2D eigenvalue weighted by Gasteiger charge is -2.28. The monoisotopic (exact) mass is 428 g/mol. The minimum Gasteiger partial charge on any atom is -0.497 e. The third-order valence-electron chi connectivity index (χ3n) is 2.50. The van der Waals surface area contributed by atoms with Gasteiger partial charge in [-0.05, 0) is 17.7 Å². The van der Waals surface area contributed by atoms with Crippen LogP contribution in [-0.4, -0.2) is 19.5 Å². The van der Waals surface area contributed by atoms with Gasteiger partial charge in [0.05, 0.1) is 11.9 Å². The lowest BCUT2D eigenvalue weighted by molar-refractivity contribution is -0.283. The SMILES string of the molecule is COc1ccc(C(Br)C(C(F)(F)F)C(F)(F)F)c(Br)c1. The van der Waals surface area contributed by atoms with Crippen LogP contribution in [0, 0.1) is 5.92 Å². The fourth-order valence-electron chi connectivity index (χ4n) is 1.56. The van der Waals surface area contributed by atoms with Crippen molar-refractivity contribution in [2.75, 3.05) is 7.11 Å². The summed E-state index contributed by atoms with van der Waals surface area (Å²) >= 11 is 5.46. The van der Waals surface area contributed by atoms with Crippen molar-refractivity contribution < 1.29 is 31.1 Å². The molecular formula is C11H8Br2F6O. The predicted molar refractivity (Wildman–Crippen MR) is 68.0 cm³/mol. The Morgan fingerprint density at radius 3 is 1.90 bits per heavy atom. The fourth-order valence-corrected chi connectivity index (χ4v) is 3.47. The Hall–Kier alpha value is -0.440. The van der Waals surface area contributed by atoms with Gasteiger partial charge in [0.2, 0.25) is 0 Å². The molecule has 0 amide bonds. The van der Waals surface area contributed by atoms with Crippen molar-refractivity contribution in [3.63, 3.8) is 0 Å². The molecule has 0 aliphatic rings. The highest BCUT2D eigenvalue weighted by Crippen LogP contribution is 2.51. The summed E-state index contributed by atoms with van der Waals surface area (Å²) in [5, 5.41) is 0. The van der Waals surface area contributed by atoms with E-state index in [1.807, 2.05) is 0 Å². The maximum absolute atomic E-state index is 12.6. The van der Waals surface area contributed by atoms with Crippen molar-refractivity contribution in [3.05, 3.63) is 28.2 Å².